The molecule has 3 aliphatic rings. The Hall–Kier alpha value is -0.840. The predicted molar refractivity (Wildman–Crippen MR) is 83.6 cm³/mol. The molecule has 0 unspecified atom stereocenters. The number of hydrogen-bond donors (Lipinski definition) is 0. The third-order valence-electron chi connectivity index (χ3n) is 5.49. The van der Waals surface area contributed by atoms with Crippen molar-refractivity contribution >= 4 is 0 Å². The summed E-state index contributed by atoms with van der Waals surface area (Å²) in [7, 11) is 0. The maximum atomic E-state index is 6.12. The van der Waals surface area contributed by atoms with E-state index < -0.39 is 0 Å². The number of nitrogens with zero attached hydrogens (tertiary/aromatic N) is 1. The molecule has 2 saturated heterocycles. The second kappa shape index (κ2) is 6.34. The van der Waals surface area contributed by atoms with Crippen molar-refractivity contribution < 1.29 is 13.9 Å². The van der Waals surface area contributed by atoms with E-state index in [1.807, 2.05) is 6.26 Å². The second-order valence-corrected chi connectivity index (χ2v) is 7.41. The Balaban J connectivity index is 1.40. The number of rotatable bonds is 6. The zero-order valence-corrected chi connectivity index (χ0v) is 13.3. The van der Waals surface area contributed by atoms with Crippen LogP contribution in [0.5, 0.6) is 0 Å². The van der Waals surface area contributed by atoms with E-state index in [0.29, 0.717) is 6.10 Å². The smallest absolute Gasteiger partial charge is 0.0947 e. The fraction of sp³-hybridized carbons (Fsp3) is 0.778. The van der Waals surface area contributed by atoms with E-state index in [0.717, 1.165) is 51.8 Å². The van der Waals surface area contributed by atoms with Crippen LogP contribution >= 0.6 is 0 Å². The Morgan fingerprint density at radius 1 is 1.32 bits per heavy atom. The number of ether oxygens (including phenoxy) is 2. The Morgan fingerprint density at radius 3 is 3.09 bits per heavy atom. The van der Waals surface area contributed by atoms with Gasteiger partial charge < -0.3 is 13.9 Å². The first-order chi connectivity index (χ1) is 10.8. The highest BCUT2D eigenvalue weighted by atomic mass is 16.5. The normalized spacial score (nSPS) is 32.8. The summed E-state index contributed by atoms with van der Waals surface area (Å²) in [6.45, 7) is 5.93. The molecule has 1 aromatic rings. The molecule has 1 aliphatic carbocycles. The Labute approximate surface area is 132 Å². The third kappa shape index (κ3) is 3.24. The van der Waals surface area contributed by atoms with E-state index in [-0.39, 0.29) is 5.41 Å². The first kappa shape index (κ1) is 14.7. The minimum absolute atomic E-state index is 0.203. The second-order valence-electron chi connectivity index (χ2n) is 7.41. The fourth-order valence-electron chi connectivity index (χ4n) is 4.08. The van der Waals surface area contributed by atoms with E-state index in [4.69, 9.17) is 13.9 Å². The highest BCUT2D eigenvalue weighted by molar-refractivity contribution is 5.06. The minimum Gasteiger partial charge on any atom is -0.472 e. The minimum atomic E-state index is 0.203. The molecule has 4 nitrogen and oxygen atoms in total. The summed E-state index contributed by atoms with van der Waals surface area (Å²) < 4.78 is 17.4. The van der Waals surface area contributed by atoms with Crippen molar-refractivity contribution in [1.29, 1.82) is 0 Å². The van der Waals surface area contributed by atoms with Gasteiger partial charge in [-0.25, -0.2) is 0 Å². The molecule has 0 spiro atoms. The summed E-state index contributed by atoms with van der Waals surface area (Å²) in [5.74, 6) is 0.838. The van der Waals surface area contributed by atoms with Gasteiger partial charge in [0.15, 0.2) is 0 Å². The predicted octanol–water partition coefficient (Wildman–Crippen LogP) is 3.08. The molecule has 0 bridgehead atoms. The van der Waals surface area contributed by atoms with Crippen LogP contribution in [0.15, 0.2) is 23.0 Å². The highest BCUT2D eigenvalue weighted by Crippen LogP contribution is 2.41. The van der Waals surface area contributed by atoms with Gasteiger partial charge in [-0.05, 0) is 44.1 Å². The molecule has 1 aromatic heterocycles. The number of furan rings is 1. The van der Waals surface area contributed by atoms with Crippen LogP contribution in [-0.2, 0) is 16.0 Å². The molecule has 4 rings (SSSR count). The first-order valence-corrected chi connectivity index (χ1v) is 8.77. The molecule has 3 heterocycles. The lowest BCUT2D eigenvalue weighted by Crippen LogP contribution is -2.56. The van der Waals surface area contributed by atoms with Gasteiger partial charge in [0, 0.05) is 43.8 Å². The van der Waals surface area contributed by atoms with Gasteiger partial charge in [-0.1, -0.05) is 0 Å². The molecule has 2 aliphatic heterocycles. The fourth-order valence-corrected chi connectivity index (χ4v) is 4.08. The molecule has 1 saturated carbocycles. The van der Waals surface area contributed by atoms with Crippen LogP contribution in [0.4, 0.5) is 0 Å². The first-order valence-electron chi connectivity index (χ1n) is 8.77. The van der Waals surface area contributed by atoms with Gasteiger partial charge in [-0.3, -0.25) is 4.90 Å². The van der Waals surface area contributed by atoms with Crippen LogP contribution in [0.2, 0.25) is 0 Å². The average molecular weight is 305 g/mol. The Morgan fingerprint density at radius 2 is 2.27 bits per heavy atom. The van der Waals surface area contributed by atoms with Gasteiger partial charge in [0.1, 0.15) is 0 Å². The van der Waals surface area contributed by atoms with Crippen LogP contribution in [0, 0.1) is 11.3 Å². The van der Waals surface area contributed by atoms with Gasteiger partial charge in [0.05, 0.1) is 25.2 Å². The molecule has 3 fully saturated rings. The Kier molecular flexibility index (Phi) is 4.25. The summed E-state index contributed by atoms with van der Waals surface area (Å²) in [4.78, 5) is 2.55. The molecule has 2 atom stereocenters. The van der Waals surface area contributed by atoms with Crippen LogP contribution in [0.3, 0.4) is 0 Å². The summed E-state index contributed by atoms with van der Waals surface area (Å²) in [5.41, 5.74) is 1.47. The molecule has 22 heavy (non-hydrogen) atoms. The molecular weight excluding hydrogens is 278 g/mol. The van der Waals surface area contributed by atoms with E-state index in [1.54, 1.807) is 6.26 Å². The highest BCUT2D eigenvalue weighted by Gasteiger charge is 2.46. The summed E-state index contributed by atoms with van der Waals surface area (Å²) in [6.07, 6.45) is 10.3. The molecule has 4 heteroatoms. The number of fused-ring (bicyclic) bond motifs is 1. The number of likely N-dealkylation sites (tertiary alicyclic amines) is 1. The van der Waals surface area contributed by atoms with Crippen molar-refractivity contribution in [2.24, 2.45) is 11.3 Å². The largest absolute Gasteiger partial charge is 0.472 e. The van der Waals surface area contributed by atoms with Crippen molar-refractivity contribution in [2.45, 2.75) is 44.8 Å². The third-order valence-corrected chi connectivity index (χ3v) is 5.49. The van der Waals surface area contributed by atoms with Crippen LogP contribution in [0.1, 0.15) is 37.7 Å². The zero-order chi connectivity index (χ0) is 14.8. The monoisotopic (exact) mass is 305 g/mol. The van der Waals surface area contributed by atoms with Gasteiger partial charge >= 0.3 is 0 Å². The quantitative estimate of drug-likeness (QED) is 0.809. The number of hydrogen-bond acceptors (Lipinski definition) is 4. The van der Waals surface area contributed by atoms with E-state index in [2.05, 4.69) is 11.0 Å². The van der Waals surface area contributed by atoms with Crippen molar-refractivity contribution in [3.8, 4) is 0 Å². The Bertz CT molecular complexity index is 471. The molecule has 0 aromatic carbocycles. The van der Waals surface area contributed by atoms with E-state index >= 15 is 0 Å². The molecule has 0 radical (unpaired) electrons. The van der Waals surface area contributed by atoms with E-state index in [9.17, 15) is 0 Å². The summed E-state index contributed by atoms with van der Waals surface area (Å²) in [5, 5.41) is 0. The van der Waals surface area contributed by atoms with Crippen molar-refractivity contribution in [1.82, 2.24) is 4.90 Å². The van der Waals surface area contributed by atoms with Crippen molar-refractivity contribution in [3.63, 3.8) is 0 Å². The SMILES string of the molecule is c1cc(CN2CC[C@H]3OCCC[C@]3(COCC3CC3)C2)co1. The van der Waals surface area contributed by atoms with Crippen molar-refractivity contribution in [3.05, 3.63) is 24.2 Å². The van der Waals surface area contributed by atoms with Crippen LogP contribution in [-0.4, -0.2) is 43.9 Å². The van der Waals surface area contributed by atoms with Gasteiger partial charge in [0.2, 0.25) is 0 Å². The van der Waals surface area contributed by atoms with Crippen LogP contribution < -0.4 is 0 Å². The van der Waals surface area contributed by atoms with E-state index in [1.165, 1.54) is 31.2 Å². The molecule has 122 valence electrons. The molecular formula is C18H27NO3. The molecule has 0 amide bonds. The van der Waals surface area contributed by atoms with Crippen molar-refractivity contribution in [2.75, 3.05) is 32.9 Å². The molecule has 0 N–H and O–H groups in total. The maximum absolute atomic E-state index is 6.12. The standard InChI is InChI=1S/C18H27NO3/c1-6-18(14-21-11-15-2-3-15)13-19(7-4-17(18)22-8-1)10-16-5-9-20-12-16/h5,9,12,15,17H,1-4,6-8,10-11,13-14H2/t17-,18-/m1/s1. The lowest BCUT2D eigenvalue weighted by atomic mass is 9.73. The summed E-state index contributed by atoms with van der Waals surface area (Å²) in [6, 6.07) is 2.07. The van der Waals surface area contributed by atoms with Gasteiger partial charge in [-0.2, -0.15) is 0 Å². The zero-order valence-electron chi connectivity index (χ0n) is 13.3. The number of piperidine rings is 1. The average Bonchev–Trinajstić information content (AvgIpc) is 3.22. The maximum Gasteiger partial charge on any atom is 0.0947 e. The lowest BCUT2D eigenvalue weighted by Gasteiger charge is -2.50. The lowest BCUT2D eigenvalue weighted by molar-refractivity contribution is -0.154. The van der Waals surface area contributed by atoms with Crippen LogP contribution in [0.25, 0.3) is 0 Å². The topological polar surface area (TPSA) is 34.8 Å². The van der Waals surface area contributed by atoms with Gasteiger partial charge in [-0.15, -0.1) is 0 Å². The van der Waals surface area contributed by atoms with Gasteiger partial charge in [0.25, 0.3) is 0 Å². The summed E-state index contributed by atoms with van der Waals surface area (Å²) >= 11 is 0.